The highest BCUT2D eigenvalue weighted by Crippen LogP contribution is 2.23. The second-order valence-electron chi connectivity index (χ2n) is 7.39. The molecule has 2 N–H and O–H groups in total. The van der Waals surface area contributed by atoms with Gasteiger partial charge in [-0.2, -0.15) is 4.31 Å². The number of rotatable bonds is 4. The van der Waals surface area contributed by atoms with Crippen LogP contribution in [0.4, 0.5) is 5.69 Å². The summed E-state index contributed by atoms with van der Waals surface area (Å²) in [7, 11) is -3.62. The molecule has 2 aromatic carbocycles. The number of carbonyl (C=O) groups is 1. The minimum Gasteiger partial charge on any atom is -0.322 e. The normalized spacial score (nSPS) is 15.6. The molecule has 0 spiro atoms. The second-order valence-corrected chi connectivity index (χ2v) is 9.33. The van der Waals surface area contributed by atoms with E-state index in [1.54, 1.807) is 42.5 Å². The van der Waals surface area contributed by atoms with Crippen LogP contribution in [0, 0.1) is 0 Å². The number of aromatic nitrogens is 1. The quantitative estimate of drug-likeness (QED) is 0.670. The number of para-hydroxylation sites is 1. The van der Waals surface area contributed by atoms with Gasteiger partial charge in [-0.05, 0) is 37.1 Å². The lowest BCUT2D eigenvalue weighted by Crippen LogP contribution is -2.32. The van der Waals surface area contributed by atoms with Gasteiger partial charge in [-0.3, -0.25) is 9.59 Å². The van der Waals surface area contributed by atoms with Gasteiger partial charge in [0.2, 0.25) is 15.6 Å². The number of benzene rings is 2. The van der Waals surface area contributed by atoms with Crippen LogP contribution in [0.25, 0.3) is 10.9 Å². The largest absolute Gasteiger partial charge is 0.322 e. The van der Waals surface area contributed by atoms with Crippen molar-refractivity contribution in [2.24, 2.45) is 0 Å². The topological polar surface area (TPSA) is 99.3 Å². The van der Waals surface area contributed by atoms with Crippen molar-refractivity contribution < 1.29 is 13.2 Å². The molecule has 3 aromatic rings. The van der Waals surface area contributed by atoms with Crippen molar-refractivity contribution in [1.82, 2.24) is 9.29 Å². The number of hydrogen-bond donors (Lipinski definition) is 2. The van der Waals surface area contributed by atoms with E-state index in [1.165, 1.54) is 16.4 Å². The summed E-state index contributed by atoms with van der Waals surface area (Å²) in [6.07, 6.45) is 3.77. The Kier molecular flexibility index (Phi) is 5.69. The van der Waals surface area contributed by atoms with Crippen LogP contribution in [0.3, 0.4) is 0 Å². The Morgan fingerprint density at radius 2 is 1.67 bits per heavy atom. The van der Waals surface area contributed by atoms with Crippen LogP contribution < -0.4 is 10.9 Å². The van der Waals surface area contributed by atoms with Gasteiger partial charge in [0.15, 0.2) is 0 Å². The highest BCUT2D eigenvalue weighted by atomic mass is 32.2. The van der Waals surface area contributed by atoms with Crippen molar-refractivity contribution in [1.29, 1.82) is 0 Å². The predicted octanol–water partition coefficient (Wildman–Crippen LogP) is 3.35. The molecule has 7 nitrogen and oxygen atoms in total. The molecule has 2 heterocycles. The highest BCUT2D eigenvalue weighted by Gasteiger charge is 2.25. The first kappa shape index (κ1) is 20.3. The minimum atomic E-state index is -3.62. The highest BCUT2D eigenvalue weighted by molar-refractivity contribution is 7.89. The molecule has 4 rings (SSSR count). The molecule has 1 saturated heterocycles. The summed E-state index contributed by atoms with van der Waals surface area (Å²) in [5.41, 5.74) is 0.777. The second kappa shape index (κ2) is 8.41. The molecule has 0 aliphatic carbocycles. The summed E-state index contributed by atoms with van der Waals surface area (Å²) in [5, 5.41) is 3.34. The van der Waals surface area contributed by atoms with Gasteiger partial charge in [-0.1, -0.05) is 37.1 Å². The number of anilines is 1. The molecular weight excluding hydrogens is 402 g/mol. The maximum atomic E-state index is 13.0. The number of nitrogens with zero attached hydrogens (tertiary/aromatic N) is 1. The first-order chi connectivity index (χ1) is 14.4. The fourth-order valence-corrected chi connectivity index (χ4v) is 5.32. The van der Waals surface area contributed by atoms with Gasteiger partial charge in [-0.25, -0.2) is 8.42 Å². The number of nitrogens with one attached hydrogen (secondary N) is 2. The predicted molar refractivity (Wildman–Crippen MR) is 116 cm³/mol. The summed E-state index contributed by atoms with van der Waals surface area (Å²) in [4.78, 5) is 27.6. The zero-order valence-electron chi connectivity index (χ0n) is 16.4. The number of amides is 1. The molecule has 0 saturated carbocycles. The number of aromatic amines is 1. The summed E-state index contributed by atoms with van der Waals surface area (Å²) in [6, 6.07) is 14.5. The molecule has 1 aliphatic rings. The number of pyridine rings is 1. The molecule has 0 bridgehead atoms. The first-order valence-electron chi connectivity index (χ1n) is 9.99. The molecule has 1 amide bonds. The third kappa shape index (κ3) is 4.15. The van der Waals surface area contributed by atoms with Crippen molar-refractivity contribution in [3.05, 3.63) is 70.5 Å². The van der Waals surface area contributed by atoms with Crippen molar-refractivity contribution in [2.75, 3.05) is 18.4 Å². The van der Waals surface area contributed by atoms with Gasteiger partial charge < -0.3 is 10.3 Å². The Morgan fingerprint density at radius 1 is 0.933 bits per heavy atom. The number of carbonyl (C=O) groups excluding carboxylic acids is 1. The molecule has 0 atom stereocenters. The lowest BCUT2D eigenvalue weighted by Gasteiger charge is -2.20. The fourth-order valence-electron chi connectivity index (χ4n) is 3.76. The van der Waals surface area contributed by atoms with E-state index >= 15 is 0 Å². The number of sulfonamides is 1. The smallest absolute Gasteiger partial charge is 0.256 e. The van der Waals surface area contributed by atoms with Crippen LogP contribution in [-0.4, -0.2) is 36.7 Å². The van der Waals surface area contributed by atoms with Gasteiger partial charge in [0, 0.05) is 35.7 Å². The first-order valence-corrected chi connectivity index (χ1v) is 11.4. The van der Waals surface area contributed by atoms with Crippen LogP contribution in [0.2, 0.25) is 0 Å². The summed E-state index contributed by atoms with van der Waals surface area (Å²) < 4.78 is 27.6. The van der Waals surface area contributed by atoms with Crippen molar-refractivity contribution in [2.45, 2.75) is 30.6 Å². The van der Waals surface area contributed by atoms with Gasteiger partial charge in [0.1, 0.15) is 0 Å². The number of fused-ring (bicyclic) bond motifs is 1. The van der Waals surface area contributed by atoms with Crippen LogP contribution in [0.1, 0.15) is 36.0 Å². The maximum absolute atomic E-state index is 13.0. The Balaban J connectivity index is 1.62. The Hall–Kier alpha value is -2.97. The standard InChI is InChI=1S/C22H23N3O4S/c26-21-15-19(18-10-3-4-11-20(18)24-21)22(27)23-16-8-7-9-17(14-16)30(28,29)25-12-5-1-2-6-13-25/h3-4,7-11,14-15H,1-2,5-6,12-13H2,(H,23,27)(H,24,26). The van der Waals surface area contributed by atoms with E-state index in [0.717, 1.165) is 25.7 Å². The molecule has 30 heavy (non-hydrogen) atoms. The Labute approximate surface area is 174 Å². The van der Waals surface area contributed by atoms with Gasteiger partial charge >= 0.3 is 0 Å². The van der Waals surface area contributed by atoms with E-state index in [2.05, 4.69) is 10.3 Å². The molecule has 1 aromatic heterocycles. The zero-order valence-corrected chi connectivity index (χ0v) is 17.2. The van der Waals surface area contributed by atoms with Crippen LogP contribution in [0.5, 0.6) is 0 Å². The van der Waals surface area contributed by atoms with Crippen LogP contribution >= 0.6 is 0 Å². The maximum Gasteiger partial charge on any atom is 0.256 e. The Bertz CT molecular complexity index is 1240. The van der Waals surface area contributed by atoms with Crippen molar-refractivity contribution >= 4 is 32.5 Å². The van der Waals surface area contributed by atoms with E-state index in [4.69, 9.17) is 0 Å². The third-order valence-electron chi connectivity index (χ3n) is 5.29. The zero-order chi connectivity index (χ0) is 21.1. The van der Waals surface area contributed by atoms with E-state index in [9.17, 15) is 18.0 Å². The minimum absolute atomic E-state index is 0.151. The number of H-pyrrole nitrogens is 1. The fraction of sp³-hybridized carbons (Fsp3) is 0.273. The van der Waals surface area contributed by atoms with Gasteiger partial charge in [0.05, 0.1) is 10.5 Å². The monoisotopic (exact) mass is 425 g/mol. The summed E-state index contributed by atoms with van der Waals surface area (Å²) >= 11 is 0. The third-order valence-corrected chi connectivity index (χ3v) is 7.18. The summed E-state index contributed by atoms with van der Waals surface area (Å²) in [6.45, 7) is 1.02. The Morgan fingerprint density at radius 3 is 2.43 bits per heavy atom. The van der Waals surface area contributed by atoms with Crippen LogP contribution in [-0.2, 0) is 10.0 Å². The molecule has 1 fully saturated rings. The van der Waals surface area contributed by atoms with E-state index in [0.29, 0.717) is 29.7 Å². The van der Waals surface area contributed by atoms with Gasteiger partial charge in [-0.15, -0.1) is 0 Å². The van der Waals surface area contributed by atoms with E-state index < -0.39 is 15.9 Å². The molecule has 0 unspecified atom stereocenters. The lowest BCUT2D eigenvalue weighted by atomic mass is 10.1. The average molecular weight is 426 g/mol. The van der Waals surface area contributed by atoms with Crippen molar-refractivity contribution in [3.8, 4) is 0 Å². The van der Waals surface area contributed by atoms with E-state index in [1.807, 2.05) is 0 Å². The molecule has 156 valence electrons. The van der Waals surface area contributed by atoms with E-state index in [-0.39, 0.29) is 16.0 Å². The SMILES string of the molecule is O=C(Nc1cccc(S(=O)(=O)N2CCCCCC2)c1)c1cc(=O)[nH]c2ccccc12. The van der Waals surface area contributed by atoms with Gasteiger partial charge in [0.25, 0.3) is 5.91 Å². The molecule has 1 aliphatic heterocycles. The van der Waals surface area contributed by atoms with Crippen molar-refractivity contribution in [3.63, 3.8) is 0 Å². The molecule has 8 heteroatoms. The van der Waals surface area contributed by atoms with Crippen LogP contribution in [0.15, 0.2) is 64.3 Å². The molecule has 0 radical (unpaired) electrons. The number of hydrogen-bond acceptors (Lipinski definition) is 4. The molecular formula is C22H23N3O4S. The lowest BCUT2D eigenvalue weighted by molar-refractivity contribution is 0.102. The summed E-state index contributed by atoms with van der Waals surface area (Å²) in [5.74, 6) is -0.471. The average Bonchev–Trinajstić information content (AvgIpc) is 3.03.